The van der Waals surface area contributed by atoms with E-state index in [9.17, 15) is 4.79 Å². The standard InChI is InChI=1S/C19H26Cl2N2O2/c1-18(2,3)25-17(24)23-9-7-19(8-10-23)11-13(12-19)22-15-6-4-5-14(20)16(15)21/h4-6,13,22H,7-12H2,1-3H3. The monoisotopic (exact) mass is 384 g/mol. The Hall–Kier alpha value is -1.13. The third kappa shape index (κ3) is 4.35. The Labute approximate surface area is 159 Å². The Kier molecular flexibility index (Phi) is 5.13. The molecule has 0 bridgehead atoms. The molecule has 3 rings (SSSR count). The van der Waals surface area contributed by atoms with Gasteiger partial charge >= 0.3 is 6.09 Å². The molecule has 4 nitrogen and oxygen atoms in total. The summed E-state index contributed by atoms with van der Waals surface area (Å²) in [5.74, 6) is 0. The Morgan fingerprint density at radius 1 is 1.24 bits per heavy atom. The number of likely N-dealkylation sites (tertiary alicyclic amines) is 1. The van der Waals surface area contributed by atoms with Crippen molar-refractivity contribution >= 4 is 35.0 Å². The smallest absolute Gasteiger partial charge is 0.410 e. The zero-order valence-corrected chi connectivity index (χ0v) is 16.6. The Balaban J connectivity index is 1.48. The van der Waals surface area contributed by atoms with Crippen LogP contribution in [0, 0.1) is 5.41 Å². The van der Waals surface area contributed by atoms with Gasteiger partial charge in [-0.25, -0.2) is 4.79 Å². The Morgan fingerprint density at radius 3 is 2.48 bits per heavy atom. The van der Waals surface area contributed by atoms with Crippen LogP contribution in [0.25, 0.3) is 0 Å². The third-order valence-corrected chi connectivity index (χ3v) is 5.96. The number of piperidine rings is 1. The molecule has 0 unspecified atom stereocenters. The molecule has 25 heavy (non-hydrogen) atoms. The molecule has 2 fully saturated rings. The molecular formula is C19H26Cl2N2O2. The quantitative estimate of drug-likeness (QED) is 0.722. The van der Waals surface area contributed by atoms with E-state index in [2.05, 4.69) is 5.32 Å². The molecule has 1 aromatic rings. The first kappa shape index (κ1) is 18.7. The van der Waals surface area contributed by atoms with E-state index in [4.69, 9.17) is 27.9 Å². The van der Waals surface area contributed by atoms with E-state index in [1.54, 1.807) is 6.07 Å². The molecule has 138 valence electrons. The van der Waals surface area contributed by atoms with Gasteiger partial charge in [0.2, 0.25) is 0 Å². The van der Waals surface area contributed by atoms with Crippen LogP contribution in [0.2, 0.25) is 10.0 Å². The van der Waals surface area contributed by atoms with Gasteiger partial charge in [0.1, 0.15) is 5.60 Å². The molecule has 0 aromatic heterocycles. The number of hydrogen-bond donors (Lipinski definition) is 1. The van der Waals surface area contributed by atoms with Crippen LogP contribution in [0.3, 0.4) is 0 Å². The highest BCUT2D eigenvalue weighted by Gasteiger charge is 2.46. The van der Waals surface area contributed by atoms with Crippen molar-refractivity contribution in [3.8, 4) is 0 Å². The number of rotatable bonds is 2. The summed E-state index contributed by atoms with van der Waals surface area (Å²) in [5.41, 5.74) is 0.815. The molecule has 1 aliphatic carbocycles. The molecule has 1 N–H and O–H groups in total. The van der Waals surface area contributed by atoms with Gasteiger partial charge in [0.05, 0.1) is 15.7 Å². The lowest BCUT2D eigenvalue weighted by atomic mass is 9.60. The van der Waals surface area contributed by atoms with Crippen molar-refractivity contribution in [3.05, 3.63) is 28.2 Å². The second kappa shape index (κ2) is 6.88. The van der Waals surface area contributed by atoms with E-state index in [1.165, 1.54) is 0 Å². The molecule has 1 aliphatic heterocycles. The lowest BCUT2D eigenvalue weighted by Gasteiger charge is -2.52. The van der Waals surface area contributed by atoms with Crippen LogP contribution in [0.1, 0.15) is 46.5 Å². The van der Waals surface area contributed by atoms with Crippen molar-refractivity contribution in [2.45, 2.75) is 58.1 Å². The molecular weight excluding hydrogens is 359 g/mol. The lowest BCUT2D eigenvalue weighted by Crippen LogP contribution is -2.53. The second-order valence-electron chi connectivity index (χ2n) is 8.32. The predicted molar refractivity (Wildman–Crippen MR) is 103 cm³/mol. The summed E-state index contributed by atoms with van der Waals surface area (Å²) >= 11 is 12.3. The summed E-state index contributed by atoms with van der Waals surface area (Å²) < 4.78 is 5.47. The predicted octanol–water partition coefficient (Wildman–Crippen LogP) is 5.59. The van der Waals surface area contributed by atoms with Crippen LogP contribution in [0.15, 0.2) is 18.2 Å². The van der Waals surface area contributed by atoms with Crippen LogP contribution < -0.4 is 5.32 Å². The zero-order chi connectivity index (χ0) is 18.2. The maximum Gasteiger partial charge on any atom is 0.410 e. The van der Waals surface area contributed by atoms with Crippen molar-refractivity contribution < 1.29 is 9.53 Å². The third-order valence-electron chi connectivity index (χ3n) is 5.15. The first-order valence-corrected chi connectivity index (χ1v) is 9.62. The number of hydrogen-bond acceptors (Lipinski definition) is 3. The van der Waals surface area contributed by atoms with Crippen LogP contribution in [0.4, 0.5) is 10.5 Å². The van der Waals surface area contributed by atoms with Gasteiger partial charge in [0.25, 0.3) is 0 Å². The van der Waals surface area contributed by atoms with Crippen molar-refractivity contribution in [2.75, 3.05) is 18.4 Å². The summed E-state index contributed by atoms with van der Waals surface area (Å²) in [6.45, 7) is 7.26. The number of nitrogens with one attached hydrogen (secondary N) is 1. The van der Waals surface area contributed by atoms with E-state index in [-0.39, 0.29) is 6.09 Å². The minimum atomic E-state index is -0.437. The zero-order valence-electron chi connectivity index (χ0n) is 15.1. The molecule has 6 heteroatoms. The highest BCUT2D eigenvalue weighted by Crippen LogP contribution is 2.50. The maximum absolute atomic E-state index is 12.2. The number of nitrogens with zero attached hydrogens (tertiary/aromatic N) is 1. The van der Waals surface area contributed by atoms with Gasteiger partial charge in [-0.3, -0.25) is 0 Å². The number of carbonyl (C=O) groups excluding carboxylic acids is 1. The minimum absolute atomic E-state index is 0.193. The van der Waals surface area contributed by atoms with Crippen LogP contribution in [-0.4, -0.2) is 35.7 Å². The number of ether oxygens (including phenoxy) is 1. The molecule has 1 amide bonds. The van der Waals surface area contributed by atoms with Crippen LogP contribution >= 0.6 is 23.2 Å². The van der Waals surface area contributed by atoms with Crippen molar-refractivity contribution in [1.29, 1.82) is 0 Å². The van der Waals surface area contributed by atoms with Gasteiger partial charge in [-0.1, -0.05) is 29.3 Å². The largest absolute Gasteiger partial charge is 0.444 e. The van der Waals surface area contributed by atoms with E-state index >= 15 is 0 Å². The highest BCUT2D eigenvalue weighted by atomic mass is 35.5. The van der Waals surface area contributed by atoms with Gasteiger partial charge in [-0.2, -0.15) is 0 Å². The van der Waals surface area contributed by atoms with E-state index < -0.39 is 5.60 Å². The normalized spacial score (nSPS) is 20.3. The summed E-state index contributed by atoms with van der Waals surface area (Å²) in [6, 6.07) is 6.09. The van der Waals surface area contributed by atoms with Gasteiger partial charge in [-0.05, 0) is 64.0 Å². The van der Waals surface area contributed by atoms with E-state index in [0.29, 0.717) is 21.5 Å². The van der Waals surface area contributed by atoms with Gasteiger partial charge in [-0.15, -0.1) is 0 Å². The minimum Gasteiger partial charge on any atom is -0.444 e. The fourth-order valence-corrected chi connectivity index (χ4v) is 4.18. The van der Waals surface area contributed by atoms with Gasteiger partial charge in [0, 0.05) is 19.1 Å². The average Bonchev–Trinajstić information content (AvgIpc) is 2.49. The van der Waals surface area contributed by atoms with Crippen LogP contribution in [-0.2, 0) is 4.74 Å². The summed E-state index contributed by atoms with van der Waals surface area (Å²) in [6.07, 6.45) is 4.10. The summed E-state index contributed by atoms with van der Waals surface area (Å²) in [7, 11) is 0. The number of halogens is 2. The molecule has 1 spiro atoms. The Bertz CT molecular complexity index is 641. The number of amides is 1. The first-order chi connectivity index (χ1) is 11.7. The fraction of sp³-hybridized carbons (Fsp3) is 0.632. The molecule has 1 saturated carbocycles. The molecule has 0 atom stereocenters. The molecule has 1 aromatic carbocycles. The SMILES string of the molecule is CC(C)(C)OC(=O)N1CCC2(CC1)CC(Nc1cccc(Cl)c1Cl)C2. The summed E-state index contributed by atoms with van der Waals surface area (Å²) in [5, 5.41) is 4.67. The van der Waals surface area contributed by atoms with Crippen molar-refractivity contribution in [2.24, 2.45) is 5.41 Å². The second-order valence-corrected chi connectivity index (χ2v) is 9.10. The lowest BCUT2D eigenvalue weighted by molar-refractivity contribution is -0.00859. The van der Waals surface area contributed by atoms with Crippen molar-refractivity contribution in [3.63, 3.8) is 0 Å². The van der Waals surface area contributed by atoms with Crippen molar-refractivity contribution in [1.82, 2.24) is 4.90 Å². The molecule has 0 radical (unpaired) electrons. The Morgan fingerprint density at radius 2 is 1.88 bits per heavy atom. The molecule has 2 aliphatic rings. The first-order valence-electron chi connectivity index (χ1n) is 8.86. The van der Waals surface area contributed by atoms with Crippen LogP contribution in [0.5, 0.6) is 0 Å². The van der Waals surface area contributed by atoms with E-state index in [0.717, 1.165) is 44.5 Å². The summed E-state index contributed by atoms with van der Waals surface area (Å²) in [4.78, 5) is 14.0. The van der Waals surface area contributed by atoms with Gasteiger partial charge in [0.15, 0.2) is 0 Å². The highest BCUT2D eigenvalue weighted by molar-refractivity contribution is 6.43. The molecule has 1 saturated heterocycles. The maximum atomic E-state index is 12.2. The number of anilines is 1. The fourth-order valence-electron chi connectivity index (χ4n) is 3.82. The average molecular weight is 385 g/mol. The van der Waals surface area contributed by atoms with Gasteiger partial charge < -0.3 is 15.0 Å². The topological polar surface area (TPSA) is 41.6 Å². The number of benzene rings is 1. The number of carbonyl (C=O) groups is 1. The molecule has 1 heterocycles. The van der Waals surface area contributed by atoms with E-state index in [1.807, 2.05) is 37.8 Å².